The van der Waals surface area contributed by atoms with Gasteiger partial charge in [-0.25, -0.2) is 0 Å². The number of ether oxygens (including phenoxy) is 1. The van der Waals surface area contributed by atoms with Crippen molar-refractivity contribution < 1.29 is 24.0 Å². The molecule has 1 aliphatic carbocycles. The van der Waals surface area contributed by atoms with Crippen LogP contribution in [0.3, 0.4) is 0 Å². The Bertz CT molecular complexity index is 1100. The Morgan fingerprint density at radius 2 is 2.06 bits per heavy atom. The fraction of sp³-hybridized carbons (Fsp3) is 0.375. The highest BCUT2D eigenvalue weighted by molar-refractivity contribution is 6.43. The summed E-state index contributed by atoms with van der Waals surface area (Å²) in [6, 6.07) is 13.8. The first-order valence-electron chi connectivity index (χ1n) is 10.8. The standard InChI is InChI=1S/C24H26BNO5/c27-23(12-16-5-6-17-7-8-24(20(17)11-16)9-10-30-15-24)26-22(25(28)29)13-18-14-31-21-4-2-1-3-19(18)21/h1-6,11,14,22,28-29H,7-10,12-13,15H2,(H,26,27)/t22-,24?/m0/s1. The van der Waals surface area contributed by atoms with Gasteiger partial charge in [0.1, 0.15) is 5.58 Å². The minimum atomic E-state index is -1.67. The first-order chi connectivity index (χ1) is 15.0. The van der Waals surface area contributed by atoms with Crippen LogP contribution in [0.5, 0.6) is 0 Å². The average Bonchev–Trinajstić information content (AvgIpc) is 3.48. The molecule has 2 aromatic carbocycles. The van der Waals surface area contributed by atoms with E-state index in [9.17, 15) is 14.8 Å². The number of carbonyl (C=O) groups is 1. The molecule has 0 radical (unpaired) electrons. The molecule has 2 heterocycles. The second-order valence-electron chi connectivity index (χ2n) is 8.80. The van der Waals surface area contributed by atoms with Crippen LogP contribution in [0.4, 0.5) is 0 Å². The molecule has 1 saturated heterocycles. The third-order valence-corrected chi connectivity index (χ3v) is 6.79. The molecule has 1 aliphatic heterocycles. The quantitative estimate of drug-likeness (QED) is 0.534. The summed E-state index contributed by atoms with van der Waals surface area (Å²) in [7, 11) is -1.67. The fourth-order valence-electron chi connectivity index (χ4n) is 5.07. The van der Waals surface area contributed by atoms with E-state index in [-0.39, 0.29) is 24.2 Å². The Morgan fingerprint density at radius 3 is 2.87 bits per heavy atom. The summed E-state index contributed by atoms with van der Waals surface area (Å²) in [6.45, 7) is 1.55. The minimum absolute atomic E-state index is 0.105. The molecule has 1 aromatic heterocycles. The van der Waals surface area contributed by atoms with Crippen molar-refractivity contribution in [3.05, 3.63) is 71.0 Å². The van der Waals surface area contributed by atoms with Crippen molar-refractivity contribution in [3.63, 3.8) is 0 Å². The molecule has 6 nitrogen and oxygen atoms in total. The molecule has 1 fully saturated rings. The van der Waals surface area contributed by atoms with Crippen molar-refractivity contribution in [2.75, 3.05) is 13.2 Å². The second-order valence-corrected chi connectivity index (χ2v) is 8.80. The molecule has 31 heavy (non-hydrogen) atoms. The maximum Gasteiger partial charge on any atom is 0.475 e. The smallest absolute Gasteiger partial charge is 0.464 e. The lowest BCUT2D eigenvalue weighted by Gasteiger charge is -2.23. The number of hydrogen-bond donors (Lipinski definition) is 3. The molecule has 5 rings (SSSR count). The Labute approximate surface area is 181 Å². The van der Waals surface area contributed by atoms with Crippen LogP contribution < -0.4 is 5.32 Å². The van der Waals surface area contributed by atoms with E-state index in [1.807, 2.05) is 30.3 Å². The summed E-state index contributed by atoms with van der Waals surface area (Å²) in [4.78, 5) is 12.8. The molecule has 0 bridgehead atoms. The maximum absolute atomic E-state index is 12.8. The number of hydrogen-bond acceptors (Lipinski definition) is 5. The van der Waals surface area contributed by atoms with Crippen LogP contribution in [0.25, 0.3) is 11.0 Å². The van der Waals surface area contributed by atoms with E-state index in [0.29, 0.717) is 0 Å². The predicted molar refractivity (Wildman–Crippen MR) is 118 cm³/mol. The summed E-state index contributed by atoms with van der Waals surface area (Å²) in [5.41, 5.74) is 5.27. The van der Waals surface area contributed by atoms with E-state index in [0.717, 1.165) is 54.6 Å². The number of nitrogens with one attached hydrogen (secondary N) is 1. The zero-order valence-electron chi connectivity index (χ0n) is 17.3. The van der Waals surface area contributed by atoms with Crippen LogP contribution in [-0.4, -0.2) is 42.2 Å². The number of para-hydroxylation sites is 1. The van der Waals surface area contributed by atoms with E-state index >= 15 is 0 Å². The van der Waals surface area contributed by atoms with E-state index < -0.39 is 13.1 Å². The Kier molecular flexibility index (Phi) is 5.34. The van der Waals surface area contributed by atoms with Crippen LogP contribution in [0.1, 0.15) is 35.1 Å². The van der Waals surface area contributed by atoms with Crippen LogP contribution in [-0.2, 0) is 34.2 Å². The maximum atomic E-state index is 12.8. The molecule has 2 aliphatic rings. The Morgan fingerprint density at radius 1 is 1.19 bits per heavy atom. The molecule has 2 atom stereocenters. The molecule has 1 spiro atoms. The fourth-order valence-corrected chi connectivity index (χ4v) is 5.07. The van der Waals surface area contributed by atoms with E-state index in [4.69, 9.17) is 9.15 Å². The highest BCUT2D eigenvalue weighted by Gasteiger charge is 2.42. The number of aryl methyl sites for hydroxylation is 1. The van der Waals surface area contributed by atoms with Gasteiger partial charge < -0.3 is 24.5 Å². The average molecular weight is 419 g/mol. The molecule has 1 amide bonds. The van der Waals surface area contributed by atoms with Crippen molar-refractivity contribution in [1.29, 1.82) is 0 Å². The molecular formula is C24H26BNO5. The summed E-state index contributed by atoms with van der Waals surface area (Å²) < 4.78 is 11.2. The number of fused-ring (bicyclic) bond motifs is 3. The SMILES string of the molecule is O=C(Cc1ccc2c(c1)C1(CCOC1)CC2)N[C@@H](Cc1coc2ccccc12)B(O)O. The Hall–Kier alpha value is -2.61. The van der Waals surface area contributed by atoms with Gasteiger partial charge in [0.05, 0.1) is 25.2 Å². The third-order valence-electron chi connectivity index (χ3n) is 6.79. The van der Waals surface area contributed by atoms with Gasteiger partial charge in [0.2, 0.25) is 5.91 Å². The van der Waals surface area contributed by atoms with Gasteiger partial charge in [0.25, 0.3) is 0 Å². The Balaban J connectivity index is 1.29. The molecule has 3 N–H and O–H groups in total. The molecule has 0 saturated carbocycles. The first kappa shape index (κ1) is 20.3. The largest absolute Gasteiger partial charge is 0.475 e. The van der Waals surface area contributed by atoms with Gasteiger partial charge in [-0.2, -0.15) is 0 Å². The van der Waals surface area contributed by atoms with Gasteiger partial charge in [0.15, 0.2) is 0 Å². The lowest BCUT2D eigenvalue weighted by molar-refractivity contribution is -0.120. The minimum Gasteiger partial charge on any atom is -0.464 e. The molecule has 1 unspecified atom stereocenters. The van der Waals surface area contributed by atoms with Gasteiger partial charge in [-0.15, -0.1) is 0 Å². The van der Waals surface area contributed by atoms with Crippen molar-refractivity contribution in [3.8, 4) is 0 Å². The highest BCUT2D eigenvalue weighted by atomic mass is 16.5. The van der Waals surface area contributed by atoms with Crippen LogP contribution in [0, 0.1) is 0 Å². The number of benzene rings is 2. The number of rotatable bonds is 6. The van der Waals surface area contributed by atoms with Gasteiger partial charge in [-0.3, -0.25) is 4.79 Å². The predicted octanol–water partition coefficient (Wildman–Crippen LogP) is 2.32. The monoisotopic (exact) mass is 419 g/mol. The molecule has 7 heteroatoms. The van der Waals surface area contributed by atoms with Crippen molar-refractivity contribution in [1.82, 2.24) is 5.32 Å². The van der Waals surface area contributed by atoms with Gasteiger partial charge >= 0.3 is 7.12 Å². The first-order valence-corrected chi connectivity index (χ1v) is 10.8. The van der Waals surface area contributed by atoms with Gasteiger partial charge in [0, 0.05) is 17.4 Å². The van der Waals surface area contributed by atoms with E-state index in [1.165, 1.54) is 11.1 Å². The molecule has 3 aromatic rings. The number of amides is 1. The van der Waals surface area contributed by atoms with Crippen LogP contribution >= 0.6 is 0 Å². The van der Waals surface area contributed by atoms with Crippen LogP contribution in [0.2, 0.25) is 0 Å². The zero-order chi connectivity index (χ0) is 21.4. The third kappa shape index (κ3) is 3.89. The summed E-state index contributed by atoms with van der Waals surface area (Å²) in [5.74, 6) is -1.06. The molecular weight excluding hydrogens is 393 g/mol. The second kappa shape index (κ2) is 8.15. The summed E-state index contributed by atoms with van der Waals surface area (Å²) >= 11 is 0. The topological polar surface area (TPSA) is 91.9 Å². The van der Waals surface area contributed by atoms with Crippen LogP contribution in [0.15, 0.2) is 53.1 Å². The van der Waals surface area contributed by atoms with E-state index in [2.05, 4.69) is 17.4 Å². The molecule has 160 valence electrons. The number of furan rings is 1. The zero-order valence-corrected chi connectivity index (χ0v) is 17.3. The van der Waals surface area contributed by atoms with Crippen molar-refractivity contribution in [2.45, 2.75) is 43.5 Å². The van der Waals surface area contributed by atoms with Gasteiger partial charge in [-0.1, -0.05) is 36.4 Å². The summed E-state index contributed by atoms with van der Waals surface area (Å²) in [6.07, 6.45) is 5.27. The van der Waals surface area contributed by atoms with E-state index in [1.54, 1.807) is 6.26 Å². The van der Waals surface area contributed by atoms with Crippen molar-refractivity contribution >= 4 is 24.0 Å². The lowest BCUT2D eigenvalue weighted by Crippen LogP contribution is -2.48. The summed E-state index contributed by atoms with van der Waals surface area (Å²) in [5, 5.41) is 23.4. The van der Waals surface area contributed by atoms with Crippen molar-refractivity contribution in [2.24, 2.45) is 0 Å². The number of carbonyl (C=O) groups excluding carboxylic acids is 1. The normalized spacial score (nSPS) is 20.8. The lowest BCUT2D eigenvalue weighted by atomic mass is 9.75. The van der Waals surface area contributed by atoms with Gasteiger partial charge in [-0.05, 0) is 54.0 Å². The highest BCUT2D eigenvalue weighted by Crippen LogP contribution is 2.45.